The minimum Gasteiger partial charge on any atom is -0.340 e. The Morgan fingerprint density at radius 1 is 0.586 bits per heavy atom. The van der Waals surface area contributed by atoms with Gasteiger partial charge in [0.25, 0.3) is 0 Å². The molecule has 2 nitrogen and oxygen atoms in total. The Kier molecular flexibility index (Phi) is 5.81. The molecule has 2 heteroatoms. The maximum Gasteiger partial charge on any atom is 0.138 e. The summed E-state index contributed by atoms with van der Waals surface area (Å²) in [6, 6.07) is 38.1. The normalized spacial score (nSPS) is 10.7. The molecule has 29 heavy (non-hydrogen) atoms. The summed E-state index contributed by atoms with van der Waals surface area (Å²) in [6.07, 6.45) is 0. The van der Waals surface area contributed by atoms with Crippen LogP contribution in [0.4, 0.5) is 11.4 Å². The molecule has 0 bridgehead atoms. The largest absolute Gasteiger partial charge is 0.340 e. The number of anilines is 1. The first-order valence-electron chi connectivity index (χ1n) is 9.51. The van der Waals surface area contributed by atoms with E-state index >= 15 is 0 Å². The summed E-state index contributed by atoms with van der Waals surface area (Å²) in [5, 5.41) is 3.45. The minimum atomic E-state index is 0.783. The summed E-state index contributed by atoms with van der Waals surface area (Å²) in [6.45, 7) is 0. The Hall–Kier alpha value is -4.09. The van der Waals surface area contributed by atoms with Crippen molar-refractivity contribution in [2.75, 3.05) is 5.32 Å². The van der Waals surface area contributed by atoms with Crippen molar-refractivity contribution < 1.29 is 0 Å². The molecule has 0 saturated carbocycles. The van der Waals surface area contributed by atoms with Crippen molar-refractivity contribution >= 4 is 17.2 Å². The van der Waals surface area contributed by atoms with Crippen LogP contribution in [0.2, 0.25) is 0 Å². The SMILES string of the molecule is C(#Cc1ccccc1N=C(Nc1ccccc1)c1ccccc1)c1ccccc1. The van der Waals surface area contributed by atoms with Gasteiger partial charge in [0.05, 0.1) is 11.3 Å². The van der Waals surface area contributed by atoms with E-state index in [1.54, 1.807) is 0 Å². The van der Waals surface area contributed by atoms with Crippen LogP contribution in [0, 0.1) is 11.8 Å². The molecule has 0 radical (unpaired) electrons. The molecule has 0 aliphatic heterocycles. The van der Waals surface area contributed by atoms with E-state index in [0.717, 1.165) is 33.9 Å². The number of para-hydroxylation sites is 2. The Bertz CT molecular complexity index is 1150. The minimum absolute atomic E-state index is 0.783. The quantitative estimate of drug-likeness (QED) is 0.256. The van der Waals surface area contributed by atoms with Gasteiger partial charge in [-0.15, -0.1) is 0 Å². The third-order valence-corrected chi connectivity index (χ3v) is 4.34. The van der Waals surface area contributed by atoms with Crippen LogP contribution in [0.1, 0.15) is 16.7 Å². The summed E-state index contributed by atoms with van der Waals surface area (Å²) >= 11 is 0. The van der Waals surface area contributed by atoms with Gasteiger partial charge >= 0.3 is 0 Å². The molecule has 0 unspecified atom stereocenters. The van der Waals surface area contributed by atoms with Crippen LogP contribution in [0.5, 0.6) is 0 Å². The van der Waals surface area contributed by atoms with E-state index in [2.05, 4.69) is 17.2 Å². The lowest BCUT2D eigenvalue weighted by Crippen LogP contribution is -2.13. The summed E-state index contributed by atoms with van der Waals surface area (Å²) < 4.78 is 0. The predicted octanol–water partition coefficient (Wildman–Crippen LogP) is 6.28. The molecule has 0 aromatic heterocycles. The second kappa shape index (κ2) is 9.21. The molecular formula is C27H20N2. The fourth-order valence-corrected chi connectivity index (χ4v) is 2.88. The predicted molar refractivity (Wildman–Crippen MR) is 122 cm³/mol. The van der Waals surface area contributed by atoms with E-state index in [-0.39, 0.29) is 0 Å². The number of nitrogens with zero attached hydrogens (tertiary/aromatic N) is 1. The summed E-state index contributed by atoms with van der Waals surface area (Å²) in [5.41, 5.74) is 4.71. The highest BCUT2D eigenvalue weighted by atomic mass is 15.0. The van der Waals surface area contributed by atoms with E-state index in [4.69, 9.17) is 4.99 Å². The van der Waals surface area contributed by atoms with Crippen molar-refractivity contribution in [3.05, 3.63) is 132 Å². The molecule has 0 aliphatic carbocycles. The van der Waals surface area contributed by atoms with E-state index in [1.807, 2.05) is 115 Å². The van der Waals surface area contributed by atoms with Gasteiger partial charge in [-0.05, 0) is 36.4 Å². The van der Waals surface area contributed by atoms with Crippen LogP contribution in [-0.4, -0.2) is 5.84 Å². The van der Waals surface area contributed by atoms with E-state index in [1.165, 1.54) is 0 Å². The number of hydrogen-bond donors (Lipinski definition) is 1. The highest BCUT2D eigenvalue weighted by Gasteiger charge is 2.06. The highest BCUT2D eigenvalue weighted by Crippen LogP contribution is 2.20. The summed E-state index contributed by atoms with van der Waals surface area (Å²) in [4.78, 5) is 4.94. The number of nitrogens with one attached hydrogen (secondary N) is 1. The maximum atomic E-state index is 4.94. The topological polar surface area (TPSA) is 24.4 Å². The smallest absolute Gasteiger partial charge is 0.138 e. The van der Waals surface area contributed by atoms with Gasteiger partial charge in [0.1, 0.15) is 5.84 Å². The third kappa shape index (κ3) is 5.00. The fourth-order valence-electron chi connectivity index (χ4n) is 2.88. The van der Waals surface area contributed by atoms with Gasteiger partial charge in [0.2, 0.25) is 0 Å². The zero-order valence-electron chi connectivity index (χ0n) is 15.9. The van der Waals surface area contributed by atoms with Crippen molar-refractivity contribution in [3.63, 3.8) is 0 Å². The monoisotopic (exact) mass is 372 g/mol. The zero-order chi connectivity index (χ0) is 19.7. The lowest BCUT2D eigenvalue weighted by molar-refractivity contribution is 1.45. The van der Waals surface area contributed by atoms with E-state index in [0.29, 0.717) is 0 Å². The molecule has 0 fully saturated rings. The summed E-state index contributed by atoms with van der Waals surface area (Å²) in [5.74, 6) is 7.27. The number of amidine groups is 1. The van der Waals surface area contributed by atoms with Gasteiger partial charge in [-0.3, -0.25) is 0 Å². The van der Waals surface area contributed by atoms with Crippen LogP contribution in [0.15, 0.2) is 120 Å². The first-order chi connectivity index (χ1) is 14.4. The average molecular weight is 372 g/mol. The Morgan fingerprint density at radius 3 is 1.90 bits per heavy atom. The summed E-state index contributed by atoms with van der Waals surface area (Å²) in [7, 11) is 0. The molecular weight excluding hydrogens is 352 g/mol. The third-order valence-electron chi connectivity index (χ3n) is 4.34. The Labute approximate surface area is 171 Å². The Balaban J connectivity index is 1.74. The maximum absolute atomic E-state index is 4.94. The molecule has 4 aromatic rings. The second-order valence-electron chi connectivity index (χ2n) is 6.45. The zero-order valence-corrected chi connectivity index (χ0v) is 15.9. The molecule has 0 atom stereocenters. The number of aliphatic imine (C=N–C) groups is 1. The van der Waals surface area contributed by atoms with Crippen LogP contribution in [0.25, 0.3) is 0 Å². The average Bonchev–Trinajstić information content (AvgIpc) is 2.80. The van der Waals surface area contributed by atoms with Crippen LogP contribution in [-0.2, 0) is 0 Å². The van der Waals surface area contributed by atoms with Crippen molar-refractivity contribution in [2.24, 2.45) is 4.99 Å². The van der Waals surface area contributed by atoms with Crippen LogP contribution in [0.3, 0.4) is 0 Å². The molecule has 4 aromatic carbocycles. The highest BCUT2D eigenvalue weighted by molar-refractivity contribution is 6.09. The van der Waals surface area contributed by atoms with Crippen molar-refractivity contribution in [1.29, 1.82) is 0 Å². The standard InChI is InChI=1S/C27H20N2/c1-4-12-22(13-5-1)20-21-23-14-10-11-19-26(23)29-27(24-15-6-2-7-16-24)28-25-17-8-3-9-18-25/h1-19H,(H,28,29). The van der Waals surface area contributed by atoms with E-state index < -0.39 is 0 Å². The van der Waals surface area contributed by atoms with Crippen molar-refractivity contribution in [3.8, 4) is 11.8 Å². The van der Waals surface area contributed by atoms with Gasteiger partial charge in [0, 0.05) is 16.8 Å². The van der Waals surface area contributed by atoms with Crippen molar-refractivity contribution in [2.45, 2.75) is 0 Å². The van der Waals surface area contributed by atoms with Gasteiger partial charge < -0.3 is 5.32 Å². The van der Waals surface area contributed by atoms with Gasteiger partial charge in [-0.1, -0.05) is 90.7 Å². The lowest BCUT2D eigenvalue weighted by atomic mass is 10.1. The molecule has 4 rings (SSSR count). The Morgan fingerprint density at radius 2 is 1.17 bits per heavy atom. The number of hydrogen-bond acceptors (Lipinski definition) is 1. The van der Waals surface area contributed by atoms with Crippen LogP contribution >= 0.6 is 0 Å². The molecule has 138 valence electrons. The van der Waals surface area contributed by atoms with Crippen LogP contribution < -0.4 is 5.32 Å². The lowest BCUT2D eigenvalue weighted by Gasteiger charge is -2.11. The molecule has 0 spiro atoms. The molecule has 0 amide bonds. The van der Waals surface area contributed by atoms with Gasteiger partial charge in [-0.25, -0.2) is 4.99 Å². The fraction of sp³-hybridized carbons (Fsp3) is 0. The second-order valence-corrected chi connectivity index (χ2v) is 6.45. The number of rotatable bonds is 3. The number of benzene rings is 4. The first kappa shape index (κ1) is 18.3. The van der Waals surface area contributed by atoms with Gasteiger partial charge in [-0.2, -0.15) is 0 Å². The van der Waals surface area contributed by atoms with E-state index in [9.17, 15) is 0 Å². The molecule has 0 saturated heterocycles. The molecule has 0 aliphatic rings. The molecule has 1 N–H and O–H groups in total. The van der Waals surface area contributed by atoms with Crippen molar-refractivity contribution in [1.82, 2.24) is 0 Å². The first-order valence-corrected chi connectivity index (χ1v) is 9.51. The molecule has 0 heterocycles. The van der Waals surface area contributed by atoms with Gasteiger partial charge in [0.15, 0.2) is 0 Å².